The van der Waals surface area contributed by atoms with Gasteiger partial charge in [-0.15, -0.1) is 11.8 Å². The number of hydrogen-bond acceptors (Lipinski definition) is 4. The van der Waals surface area contributed by atoms with E-state index < -0.39 is 6.04 Å². The van der Waals surface area contributed by atoms with Gasteiger partial charge < -0.3 is 20.3 Å². The molecule has 0 spiro atoms. The Morgan fingerprint density at radius 3 is 2.71 bits per heavy atom. The Bertz CT molecular complexity index is 672. The maximum Gasteiger partial charge on any atom is 0.319 e. The van der Waals surface area contributed by atoms with Crippen LogP contribution in [0, 0.1) is 0 Å². The predicted octanol–water partition coefficient (Wildman–Crippen LogP) is 1.90. The van der Waals surface area contributed by atoms with Crippen LogP contribution in [-0.4, -0.2) is 49.9 Å². The van der Waals surface area contributed by atoms with Gasteiger partial charge in [0, 0.05) is 25.2 Å². The molecular formula is C17H21N3O3S. The van der Waals surface area contributed by atoms with Crippen LogP contribution in [0.15, 0.2) is 40.4 Å². The van der Waals surface area contributed by atoms with Crippen LogP contribution in [0.25, 0.3) is 0 Å². The molecule has 2 heterocycles. The molecule has 0 bridgehead atoms. The molecule has 2 aliphatic heterocycles. The summed E-state index contributed by atoms with van der Waals surface area (Å²) in [5.41, 5.74) is 2.27. The van der Waals surface area contributed by atoms with Crippen LogP contribution in [0.3, 0.4) is 0 Å². The lowest BCUT2D eigenvalue weighted by atomic mass is 9.96. The van der Waals surface area contributed by atoms with Gasteiger partial charge >= 0.3 is 6.03 Å². The highest BCUT2D eigenvalue weighted by molar-refractivity contribution is 7.98. The smallest absolute Gasteiger partial charge is 0.319 e. The number of methoxy groups -OCH3 is 1. The fourth-order valence-electron chi connectivity index (χ4n) is 3.05. The highest BCUT2D eigenvalue weighted by atomic mass is 32.2. The van der Waals surface area contributed by atoms with Crippen molar-refractivity contribution in [3.63, 3.8) is 0 Å². The Morgan fingerprint density at radius 1 is 1.29 bits per heavy atom. The van der Waals surface area contributed by atoms with Gasteiger partial charge in [-0.3, -0.25) is 4.79 Å². The number of nitrogens with zero attached hydrogens (tertiary/aromatic N) is 1. The van der Waals surface area contributed by atoms with Crippen molar-refractivity contribution in [1.82, 2.24) is 15.5 Å². The van der Waals surface area contributed by atoms with Crippen molar-refractivity contribution in [3.8, 4) is 0 Å². The molecule has 7 heteroatoms. The summed E-state index contributed by atoms with van der Waals surface area (Å²) in [4.78, 5) is 27.7. The Hall–Kier alpha value is -1.99. The lowest BCUT2D eigenvalue weighted by Gasteiger charge is -2.25. The number of amides is 3. The van der Waals surface area contributed by atoms with Gasteiger partial charge in [0.05, 0.1) is 23.9 Å². The molecule has 0 fully saturated rings. The first kappa shape index (κ1) is 16.9. The maximum absolute atomic E-state index is 12.8. The zero-order valence-corrected chi connectivity index (χ0v) is 14.6. The minimum absolute atomic E-state index is 0.0208. The highest BCUT2D eigenvalue weighted by Gasteiger charge is 2.39. The predicted molar refractivity (Wildman–Crippen MR) is 92.7 cm³/mol. The molecule has 2 N–H and O–H groups in total. The van der Waals surface area contributed by atoms with E-state index in [0.29, 0.717) is 31.0 Å². The summed E-state index contributed by atoms with van der Waals surface area (Å²) >= 11 is 1.66. The van der Waals surface area contributed by atoms with Crippen LogP contribution in [0.2, 0.25) is 0 Å². The summed E-state index contributed by atoms with van der Waals surface area (Å²) in [6, 6.07) is 7.28. The van der Waals surface area contributed by atoms with Crippen LogP contribution in [0.5, 0.6) is 0 Å². The largest absolute Gasteiger partial charge is 0.385 e. The van der Waals surface area contributed by atoms with Crippen molar-refractivity contribution in [2.75, 3.05) is 33.1 Å². The molecule has 1 atom stereocenters. The minimum Gasteiger partial charge on any atom is -0.385 e. The molecule has 6 nitrogen and oxygen atoms in total. The summed E-state index contributed by atoms with van der Waals surface area (Å²) in [6.45, 7) is 1.68. The number of carbonyl (C=O) groups excluding carboxylic acids is 2. The molecule has 0 aliphatic carbocycles. The molecule has 24 heavy (non-hydrogen) atoms. The van der Waals surface area contributed by atoms with Gasteiger partial charge in [-0.25, -0.2) is 4.79 Å². The molecule has 3 rings (SSSR count). The fourth-order valence-corrected chi connectivity index (χ4v) is 3.46. The van der Waals surface area contributed by atoms with Gasteiger partial charge in [-0.1, -0.05) is 12.1 Å². The number of urea groups is 1. The second kappa shape index (κ2) is 7.27. The maximum atomic E-state index is 12.8. The van der Waals surface area contributed by atoms with E-state index in [1.54, 1.807) is 23.8 Å². The molecule has 128 valence electrons. The van der Waals surface area contributed by atoms with E-state index in [0.717, 1.165) is 16.9 Å². The lowest BCUT2D eigenvalue weighted by molar-refractivity contribution is -0.125. The zero-order chi connectivity index (χ0) is 17.1. The van der Waals surface area contributed by atoms with E-state index in [1.165, 1.54) is 0 Å². The molecule has 1 aromatic rings. The van der Waals surface area contributed by atoms with Gasteiger partial charge in [-0.05, 0) is 30.4 Å². The average molecular weight is 347 g/mol. The second-order valence-electron chi connectivity index (χ2n) is 5.77. The van der Waals surface area contributed by atoms with E-state index >= 15 is 0 Å². The number of thioether (sulfide) groups is 1. The lowest BCUT2D eigenvalue weighted by Crippen LogP contribution is -2.44. The van der Waals surface area contributed by atoms with Gasteiger partial charge in [0.2, 0.25) is 0 Å². The topological polar surface area (TPSA) is 70.7 Å². The summed E-state index contributed by atoms with van der Waals surface area (Å²) < 4.78 is 5.05. The van der Waals surface area contributed by atoms with Crippen molar-refractivity contribution in [2.45, 2.75) is 17.4 Å². The van der Waals surface area contributed by atoms with Gasteiger partial charge in [0.1, 0.15) is 0 Å². The van der Waals surface area contributed by atoms with E-state index in [1.807, 2.05) is 30.5 Å². The molecule has 3 amide bonds. The summed E-state index contributed by atoms with van der Waals surface area (Å²) in [6.07, 6.45) is 2.79. The zero-order valence-electron chi connectivity index (χ0n) is 13.8. The third-order valence-corrected chi connectivity index (χ3v) is 4.99. The first-order valence-corrected chi connectivity index (χ1v) is 9.09. The highest BCUT2D eigenvalue weighted by Crippen LogP contribution is 2.33. The third-order valence-electron chi connectivity index (χ3n) is 4.25. The summed E-state index contributed by atoms with van der Waals surface area (Å²) in [5.74, 6) is -0.0208. The number of nitrogens with one attached hydrogen (secondary N) is 2. The quantitative estimate of drug-likeness (QED) is 0.609. The molecule has 0 unspecified atom stereocenters. The van der Waals surface area contributed by atoms with E-state index in [2.05, 4.69) is 10.6 Å². The van der Waals surface area contributed by atoms with E-state index in [9.17, 15) is 9.59 Å². The van der Waals surface area contributed by atoms with E-state index in [4.69, 9.17) is 4.74 Å². The summed E-state index contributed by atoms with van der Waals surface area (Å²) in [5, 5.41) is 5.66. The standard InChI is InChI=1S/C17H21N3O3S/c1-23-9-3-8-20-10-13-14(16(20)21)15(19-17(22)18-13)11-4-6-12(24-2)7-5-11/h4-7,15H,3,8-10H2,1-2H3,(H2,18,19,22)/t15-/m1/s1. The molecular weight excluding hydrogens is 326 g/mol. The Morgan fingerprint density at radius 2 is 2.04 bits per heavy atom. The van der Waals surface area contributed by atoms with Gasteiger partial charge in [-0.2, -0.15) is 0 Å². The van der Waals surface area contributed by atoms with Crippen LogP contribution >= 0.6 is 11.8 Å². The number of benzene rings is 1. The van der Waals surface area contributed by atoms with Crippen molar-refractivity contribution in [1.29, 1.82) is 0 Å². The van der Waals surface area contributed by atoms with Gasteiger partial charge in [0.15, 0.2) is 0 Å². The number of ether oxygens (including phenoxy) is 1. The SMILES string of the molecule is COCCCN1CC2=C(C1=O)[C@@H](c1ccc(SC)cc1)NC(=O)N2. The van der Waals surface area contributed by atoms with Crippen LogP contribution < -0.4 is 10.6 Å². The van der Waals surface area contributed by atoms with Crippen LogP contribution in [-0.2, 0) is 9.53 Å². The van der Waals surface area contributed by atoms with Gasteiger partial charge in [0.25, 0.3) is 5.91 Å². The van der Waals surface area contributed by atoms with Crippen LogP contribution in [0.4, 0.5) is 4.79 Å². The van der Waals surface area contributed by atoms with E-state index in [-0.39, 0.29) is 11.9 Å². The average Bonchev–Trinajstić information content (AvgIpc) is 2.90. The van der Waals surface area contributed by atoms with Crippen molar-refractivity contribution >= 4 is 23.7 Å². The fraction of sp³-hybridized carbons (Fsp3) is 0.412. The molecule has 0 saturated carbocycles. The molecule has 0 saturated heterocycles. The molecule has 2 aliphatic rings. The monoisotopic (exact) mass is 347 g/mol. The Labute approximate surface area is 145 Å². The van der Waals surface area contributed by atoms with Crippen molar-refractivity contribution < 1.29 is 14.3 Å². The minimum atomic E-state index is -0.399. The number of hydrogen-bond donors (Lipinski definition) is 2. The molecule has 0 radical (unpaired) electrons. The molecule has 0 aromatic heterocycles. The Kier molecular flexibility index (Phi) is 5.11. The first-order valence-electron chi connectivity index (χ1n) is 7.86. The Balaban J connectivity index is 1.83. The van der Waals surface area contributed by atoms with Crippen molar-refractivity contribution in [2.24, 2.45) is 0 Å². The molecule has 1 aromatic carbocycles. The first-order chi connectivity index (χ1) is 11.6. The third kappa shape index (κ3) is 3.27. The normalized spacial score (nSPS) is 20.1. The summed E-state index contributed by atoms with van der Waals surface area (Å²) in [7, 11) is 1.65. The van der Waals surface area contributed by atoms with Crippen LogP contribution in [0.1, 0.15) is 18.0 Å². The number of rotatable bonds is 6. The number of carbonyl (C=O) groups is 2. The van der Waals surface area contributed by atoms with Crippen molar-refractivity contribution in [3.05, 3.63) is 41.1 Å². The second-order valence-corrected chi connectivity index (χ2v) is 6.65.